The van der Waals surface area contributed by atoms with Gasteiger partial charge in [0.25, 0.3) is 5.91 Å². The molecule has 1 amide bonds. The fourth-order valence-electron chi connectivity index (χ4n) is 2.33. The smallest absolute Gasteiger partial charge is 0.252 e. The molecular formula is C14H16BrClFNO. The van der Waals surface area contributed by atoms with E-state index < -0.39 is 0 Å². The molecule has 1 aliphatic carbocycles. The molecule has 0 spiro atoms. The van der Waals surface area contributed by atoms with Gasteiger partial charge in [-0.15, -0.1) is 11.6 Å². The second-order valence-electron chi connectivity index (χ2n) is 4.95. The maximum atomic E-state index is 13.0. The first-order chi connectivity index (χ1) is 9.06. The molecule has 1 aliphatic rings. The van der Waals surface area contributed by atoms with Crippen molar-refractivity contribution >= 4 is 33.4 Å². The summed E-state index contributed by atoms with van der Waals surface area (Å²) in [5, 5.41) is 3.20. The van der Waals surface area contributed by atoms with Crippen LogP contribution in [0.15, 0.2) is 22.7 Å². The van der Waals surface area contributed by atoms with Gasteiger partial charge in [-0.2, -0.15) is 0 Å². The minimum absolute atomic E-state index is 0.167. The van der Waals surface area contributed by atoms with Crippen LogP contribution in [0.2, 0.25) is 0 Å². The van der Waals surface area contributed by atoms with Gasteiger partial charge in [0.1, 0.15) is 5.82 Å². The number of nitrogens with one attached hydrogen (secondary N) is 1. The van der Waals surface area contributed by atoms with Crippen molar-refractivity contribution in [3.8, 4) is 0 Å². The minimum Gasteiger partial charge on any atom is -0.352 e. The topological polar surface area (TPSA) is 29.1 Å². The molecule has 0 saturated heterocycles. The van der Waals surface area contributed by atoms with Gasteiger partial charge in [0.15, 0.2) is 0 Å². The van der Waals surface area contributed by atoms with Crippen molar-refractivity contribution in [2.75, 3.05) is 6.54 Å². The maximum Gasteiger partial charge on any atom is 0.252 e. The summed E-state index contributed by atoms with van der Waals surface area (Å²) < 4.78 is 13.4. The highest BCUT2D eigenvalue weighted by Crippen LogP contribution is 2.27. The molecule has 2 rings (SSSR count). The Kier molecular flexibility index (Phi) is 5.22. The van der Waals surface area contributed by atoms with Crippen LogP contribution in [0.4, 0.5) is 4.39 Å². The Hall–Kier alpha value is -0.610. The number of halogens is 3. The minimum atomic E-state index is -0.358. The number of rotatable bonds is 3. The monoisotopic (exact) mass is 347 g/mol. The van der Waals surface area contributed by atoms with E-state index in [0.29, 0.717) is 22.5 Å². The zero-order chi connectivity index (χ0) is 13.8. The van der Waals surface area contributed by atoms with Crippen molar-refractivity contribution in [1.29, 1.82) is 0 Å². The third-order valence-corrected chi connectivity index (χ3v) is 4.60. The van der Waals surface area contributed by atoms with Gasteiger partial charge in [0.05, 0.1) is 5.56 Å². The summed E-state index contributed by atoms with van der Waals surface area (Å²) in [4.78, 5) is 12.0. The van der Waals surface area contributed by atoms with Gasteiger partial charge in [-0.25, -0.2) is 4.39 Å². The lowest BCUT2D eigenvalue weighted by Crippen LogP contribution is -2.31. The van der Waals surface area contributed by atoms with Gasteiger partial charge in [0.2, 0.25) is 0 Å². The molecule has 2 nitrogen and oxygen atoms in total. The molecule has 0 aliphatic heterocycles. The Balaban J connectivity index is 1.87. The summed E-state index contributed by atoms with van der Waals surface area (Å²) in [7, 11) is 0. The van der Waals surface area contributed by atoms with Crippen LogP contribution in [0, 0.1) is 11.7 Å². The first-order valence-corrected chi connectivity index (χ1v) is 7.66. The van der Waals surface area contributed by atoms with Crippen LogP contribution in [0.3, 0.4) is 0 Å². The van der Waals surface area contributed by atoms with Gasteiger partial charge in [-0.1, -0.05) is 0 Å². The van der Waals surface area contributed by atoms with E-state index in [9.17, 15) is 9.18 Å². The number of hydrogen-bond acceptors (Lipinski definition) is 1. The lowest BCUT2D eigenvalue weighted by molar-refractivity contribution is 0.0943. The first kappa shape index (κ1) is 14.8. The Bertz CT molecular complexity index is 461. The van der Waals surface area contributed by atoms with Crippen LogP contribution in [0.25, 0.3) is 0 Å². The summed E-state index contributed by atoms with van der Waals surface area (Å²) in [6.07, 6.45) is 4.14. The molecule has 1 aromatic rings. The third-order valence-electron chi connectivity index (χ3n) is 3.50. The lowest BCUT2D eigenvalue weighted by atomic mass is 9.89. The van der Waals surface area contributed by atoms with E-state index in [1.807, 2.05) is 0 Å². The molecular weight excluding hydrogens is 333 g/mol. The van der Waals surface area contributed by atoms with E-state index in [0.717, 1.165) is 25.7 Å². The Morgan fingerprint density at radius 2 is 2.05 bits per heavy atom. The number of carbonyl (C=O) groups excluding carboxylic acids is 1. The SMILES string of the molecule is O=C(NCC1CCC(Cl)CC1)c1ccc(F)cc1Br. The van der Waals surface area contributed by atoms with Crippen LogP contribution < -0.4 is 5.32 Å². The molecule has 0 atom stereocenters. The summed E-state index contributed by atoms with van der Waals surface area (Å²) in [6, 6.07) is 4.08. The number of alkyl halides is 1. The number of hydrogen-bond donors (Lipinski definition) is 1. The Morgan fingerprint density at radius 3 is 2.68 bits per heavy atom. The van der Waals surface area contributed by atoms with Crippen molar-refractivity contribution < 1.29 is 9.18 Å². The van der Waals surface area contributed by atoms with Gasteiger partial charge in [0, 0.05) is 16.4 Å². The molecule has 0 bridgehead atoms. The van der Waals surface area contributed by atoms with E-state index >= 15 is 0 Å². The van der Waals surface area contributed by atoms with Crippen LogP contribution in [0.1, 0.15) is 36.0 Å². The molecule has 1 fully saturated rings. The Labute approximate surface area is 125 Å². The summed E-state index contributed by atoms with van der Waals surface area (Å²) >= 11 is 9.25. The van der Waals surface area contributed by atoms with Gasteiger partial charge in [-0.05, 0) is 65.7 Å². The molecule has 1 aromatic carbocycles. The fraction of sp³-hybridized carbons (Fsp3) is 0.500. The normalized spacial score (nSPS) is 23.1. The highest BCUT2D eigenvalue weighted by Gasteiger charge is 2.20. The molecule has 1 saturated carbocycles. The number of benzene rings is 1. The molecule has 104 valence electrons. The molecule has 0 aromatic heterocycles. The molecule has 19 heavy (non-hydrogen) atoms. The second-order valence-corrected chi connectivity index (χ2v) is 6.42. The van der Waals surface area contributed by atoms with Crippen LogP contribution in [-0.4, -0.2) is 17.8 Å². The average molecular weight is 349 g/mol. The van der Waals surface area contributed by atoms with Crippen LogP contribution in [0.5, 0.6) is 0 Å². The van der Waals surface area contributed by atoms with Crippen molar-refractivity contribution in [2.45, 2.75) is 31.1 Å². The van der Waals surface area contributed by atoms with E-state index in [1.165, 1.54) is 18.2 Å². The lowest BCUT2D eigenvalue weighted by Gasteiger charge is -2.25. The zero-order valence-electron chi connectivity index (χ0n) is 10.5. The Morgan fingerprint density at radius 1 is 1.37 bits per heavy atom. The molecule has 0 unspecified atom stereocenters. The van der Waals surface area contributed by atoms with Gasteiger partial charge >= 0.3 is 0 Å². The van der Waals surface area contributed by atoms with E-state index in [4.69, 9.17) is 11.6 Å². The van der Waals surface area contributed by atoms with Crippen molar-refractivity contribution in [3.63, 3.8) is 0 Å². The highest BCUT2D eigenvalue weighted by molar-refractivity contribution is 9.10. The average Bonchev–Trinajstić information content (AvgIpc) is 2.37. The van der Waals surface area contributed by atoms with E-state index in [1.54, 1.807) is 0 Å². The molecule has 5 heteroatoms. The van der Waals surface area contributed by atoms with Crippen molar-refractivity contribution in [1.82, 2.24) is 5.32 Å². The fourth-order valence-corrected chi connectivity index (χ4v) is 3.11. The maximum absolute atomic E-state index is 13.0. The molecule has 0 heterocycles. The van der Waals surface area contributed by atoms with Crippen LogP contribution in [-0.2, 0) is 0 Å². The van der Waals surface area contributed by atoms with Crippen molar-refractivity contribution in [2.24, 2.45) is 5.92 Å². The largest absolute Gasteiger partial charge is 0.352 e. The third kappa shape index (κ3) is 4.18. The highest BCUT2D eigenvalue weighted by atomic mass is 79.9. The van der Waals surface area contributed by atoms with Crippen LogP contribution >= 0.6 is 27.5 Å². The summed E-state index contributed by atoms with van der Waals surface area (Å²) in [5.41, 5.74) is 0.465. The van der Waals surface area contributed by atoms with Gasteiger partial charge in [-0.3, -0.25) is 4.79 Å². The van der Waals surface area contributed by atoms with E-state index in [-0.39, 0.29) is 17.1 Å². The number of carbonyl (C=O) groups is 1. The second kappa shape index (κ2) is 6.71. The zero-order valence-corrected chi connectivity index (χ0v) is 12.8. The molecule has 0 radical (unpaired) electrons. The molecule has 1 N–H and O–H groups in total. The predicted octanol–water partition coefficient (Wildman–Crippen LogP) is 4.12. The quantitative estimate of drug-likeness (QED) is 0.818. The summed E-state index contributed by atoms with van der Waals surface area (Å²) in [5.74, 6) is -0.0260. The summed E-state index contributed by atoms with van der Waals surface area (Å²) in [6.45, 7) is 0.659. The number of amides is 1. The standard InChI is InChI=1S/C14H16BrClFNO/c15-13-7-11(17)5-6-12(13)14(19)18-8-9-1-3-10(16)4-2-9/h5-7,9-10H,1-4,8H2,(H,18,19). The van der Waals surface area contributed by atoms with Gasteiger partial charge < -0.3 is 5.32 Å². The first-order valence-electron chi connectivity index (χ1n) is 6.43. The van der Waals surface area contributed by atoms with Crippen molar-refractivity contribution in [3.05, 3.63) is 34.1 Å². The predicted molar refractivity (Wildman–Crippen MR) is 78.0 cm³/mol. The van der Waals surface area contributed by atoms with E-state index in [2.05, 4.69) is 21.2 Å².